The van der Waals surface area contributed by atoms with Gasteiger partial charge in [-0.2, -0.15) is 5.10 Å². The predicted octanol–water partition coefficient (Wildman–Crippen LogP) is 2.75. The zero-order valence-electron chi connectivity index (χ0n) is 9.37. The molecule has 0 radical (unpaired) electrons. The molecule has 5 heteroatoms. The summed E-state index contributed by atoms with van der Waals surface area (Å²) in [4.78, 5) is 0. The number of aromatic nitrogens is 2. The maximum absolute atomic E-state index is 12.1. The van der Waals surface area contributed by atoms with E-state index in [0.29, 0.717) is 11.9 Å². The smallest absolute Gasteiger partial charge is 0.257 e. The lowest BCUT2D eigenvalue weighted by Crippen LogP contribution is -2.21. The van der Waals surface area contributed by atoms with Crippen LogP contribution in [-0.4, -0.2) is 22.2 Å². The van der Waals surface area contributed by atoms with Crippen LogP contribution in [0.4, 0.5) is 14.6 Å². The summed E-state index contributed by atoms with van der Waals surface area (Å²) in [5.41, 5.74) is 0. The molecule has 1 aliphatic rings. The highest BCUT2D eigenvalue weighted by molar-refractivity contribution is 5.34. The largest absolute Gasteiger partial charge is 0.366 e. The van der Waals surface area contributed by atoms with Gasteiger partial charge in [0, 0.05) is 18.3 Å². The van der Waals surface area contributed by atoms with E-state index in [1.807, 2.05) is 0 Å². The molecule has 0 bridgehead atoms. The van der Waals surface area contributed by atoms with E-state index < -0.39 is 6.43 Å². The van der Waals surface area contributed by atoms with Gasteiger partial charge in [-0.3, -0.25) is 4.68 Å². The van der Waals surface area contributed by atoms with Gasteiger partial charge >= 0.3 is 0 Å². The first-order valence-electron chi connectivity index (χ1n) is 5.77. The summed E-state index contributed by atoms with van der Waals surface area (Å²) in [6.07, 6.45) is 2.82. The maximum Gasteiger partial charge on any atom is 0.257 e. The zero-order valence-corrected chi connectivity index (χ0v) is 9.37. The summed E-state index contributed by atoms with van der Waals surface area (Å²) in [5.74, 6) is 1.45. The van der Waals surface area contributed by atoms with E-state index in [1.54, 1.807) is 12.3 Å². The average molecular weight is 229 g/mol. The van der Waals surface area contributed by atoms with Crippen molar-refractivity contribution in [2.45, 2.75) is 45.2 Å². The Bertz CT molecular complexity index is 334. The van der Waals surface area contributed by atoms with Crippen molar-refractivity contribution in [1.29, 1.82) is 0 Å². The molecule has 0 aliphatic heterocycles. The number of nitrogens with zero attached hydrogens (tertiary/aromatic N) is 2. The van der Waals surface area contributed by atoms with Crippen LogP contribution in [0.2, 0.25) is 0 Å². The normalized spacial score (nSPS) is 17.8. The minimum absolute atomic E-state index is 0.331. The summed E-state index contributed by atoms with van der Waals surface area (Å²) < 4.78 is 25.5. The number of nitrogens with one attached hydrogen (secondary N) is 1. The van der Waals surface area contributed by atoms with Gasteiger partial charge in [0.05, 0.1) is 0 Å². The van der Waals surface area contributed by atoms with Crippen LogP contribution < -0.4 is 5.32 Å². The van der Waals surface area contributed by atoms with Crippen LogP contribution in [-0.2, 0) is 6.54 Å². The Hall–Kier alpha value is -1.13. The molecule has 1 saturated carbocycles. The minimum Gasteiger partial charge on any atom is -0.366 e. The van der Waals surface area contributed by atoms with Crippen molar-refractivity contribution in [2.75, 3.05) is 5.32 Å². The van der Waals surface area contributed by atoms with E-state index in [4.69, 9.17) is 0 Å². The van der Waals surface area contributed by atoms with Gasteiger partial charge in [-0.15, -0.1) is 0 Å². The molecule has 1 heterocycles. The Morgan fingerprint density at radius 1 is 1.56 bits per heavy atom. The first-order chi connectivity index (χ1) is 7.69. The highest BCUT2D eigenvalue weighted by Crippen LogP contribution is 2.35. The molecular formula is C11H17F2N3. The SMILES string of the molecule is CCC(Nc1ccn(CC(F)F)n1)C1CC1. The molecule has 0 amide bonds. The second-order valence-corrected chi connectivity index (χ2v) is 4.31. The third-order valence-corrected chi connectivity index (χ3v) is 2.93. The van der Waals surface area contributed by atoms with E-state index in [2.05, 4.69) is 17.3 Å². The number of hydrogen-bond acceptors (Lipinski definition) is 2. The van der Waals surface area contributed by atoms with Crippen molar-refractivity contribution in [3.05, 3.63) is 12.3 Å². The van der Waals surface area contributed by atoms with Crippen molar-refractivity contribution in [1.82, 2.24) is 9.78 Å². The number of anilines is 1. The van der Waals surface area contributed by atoms with E-state index in [1.165, 1.54) is 17.5 Å². The third-order valence-electron chi connectivity index (χ3n) is 2.93. The molecule has 1 aromatic rings. The highest BCUT2D eigenvalue weighted by atomic mass is 19.3. The van der Waals surface area contributed by atoms with Gasteiger partial charge < -0.3 is 5.32 Å². The quantitative estimate of drug-likeness (QED) is 0.812. The van der Waals surface area contributed by atoms with Crippen LogP contribution in [0.3, 0.4) is 0 Å². The second kappa shape index (κ2) is 4.80. The Morgan fingerprint density at radius 2 is 2.31 bits per heavy atom. The van der Waals surface area contributed by atoms with Gasteiger partial charge in [-0.25, -0.2) is 8.78 Å². The van der Waals surface area contributed by atoms with Crippen LogP contribution in [0.15, 0.2) is 12.3 Å². The number of hydrogen-bond donors (Lipinski definition) is 1. The molecular weight excluding hydrogens is 212 g/mol. The Kier molecular flexibility index (Phi) is 3.41. The van der Waals surface area contributed by atoms with Crippen molar-refractivity contribution in [3.8, 4) is 0 Å². The van der Waals surface area contributed by atoms with Gasteiger partial charge in [0.2, 0.25) is 0 Å². The fraction of sp³-hybridized carbons (Fsp3) is 0.727. The van der Waals surface area contributed by atoms with Crippen LogP contribution in [0.5, 0.6) is 0 Å². The molecule has 90 valence electrons. The van der Waals surface area contributed by atoms with Crippen LogP contribution >= 0.6 is 0 Å². The van der Waals surface area contributed by atoms with Crippen molar-refractivity contribution in [3.63, 3.8) is 0 Å². The lowest BCUT2D eigenvalue weighted by molar-refractivity contribution is 0.122. The lowest BCUT2D eigenvalue weighted by Gasteiger charge is -2.15. The van der Waals surface area contributed by atoms with Gasteiger partial charge in [0.15, 0.2) is 0 Å². The predicted molar refractivity (Wildman–Crippen MR) is 58.7 cm³/mol. The number of halogens is 2. The topological polar surface area (TPSA) is 29.9 Å². The summed E-state index contributed by atoms with van der Waals surface area (Å²) in [7, 11) is 0. The molecule has 1 aliphatic carbocycles. The Morgan fingerprint density at radius 3 is 2.88 bits per heavy atom. The van der Waals surface area contributed by atoms with E-state index >= 15 is 0 Å². The molecule has 16 heavy (non-hydrogen) atoms. The van der Waals surface area contributed by atoms with Crippen molar-refractivity contribution in [2.24, 2.45) is 5.92 Å². The van der Waals surface area contributed by atoms with Gasteiger partial charge in [-0.1, -0.05) is 6.92 Å². The summed E-state index contributed by atoms with van der Waals surface area (Å²) in [6.45, 7) is 1.80. The summed E-state index contributed by atoms with van der Waals surface area (Å²) in [5, 5.41) is 7.38. The van der Waals surface area contributed by atoms with Crippen LogP contribution in [0.25, 0.3) is 0 Å². The molecule has 1 unspecified atom stereocenters. The Labute approximate surface area is 93.8 Å². The molecule has 0 saturated heterocycles. The first kappa shape index (κ1) is 11.4. The molecule has 2 rings (SSSR count). The van der Waals surface area contributed by atoms with E-state index in [-0.39, 0.29) is 6.54 Å². The molecule has 0 spiro atoms. The molecule has 3 nitrogen and oxygen atoms in total. The molecule has 0 aromatic carbocycles. The first-order valence-corrected chi connectivity index (χ1v) is 5.77. The lowest BCUT2D eigenvalue weighted by atomic mass is 10.1. The summed E-state index contributed by atoms with van der Waals surface area (Å²) in [6, 6.07) is 2.20. The standard InChI is InChI=1S/C11H17F2N3/c1-2-9(8-3-4-8)14-11-5-6-16(15-11)7-10(12)13/h5-6,8-10H,2-4,7H2,1H3,(H,14,15). The molecule has 1 aromatic heterocycles. The Balaban J connectivity index is 1.90. The van der Waals surface area contributed by atoms with Gasteiger partial charge in [0.25, 0.3) is 6.43 Å². The fourth-order valence-corrected chi connectivity index (χ4v) is 1.92. The van der Waals surface area contributed by atoms with Crippen LogP contribution in [0.1, 0.15) is 26.2 Å². The molecule has 1 N–H and O–H groups in total. The average Bonchev–Trinajstić information content (AvgIpc) is 2.98. The third kappa shape index (κ3) is 2.93. The fourth-order valence-electron chi connectivity index (χ4n) is 1.92. The minimum atomic E-state index is -2.35. The number of alkyl halides is 2. The van der Waals surface area contributed by atoms with Crippen LogP contribution in [0, 0.1) is 5.92 Å². The maximum atomic E-state index is 12.1. The molecule has 1 atom stereocenters. The molecule has 1 fully saturated rings. The van der Waals surface area contributed by atoms with Gasteiger partial charge in [0.1, 0.15) is 12.4 Å². The second-order valence-electron chi connectivity index (χ2n) is 4.31. The number of rotatable bonds is 6. The van der Waals surface area contributed by atoms with E-state index in [9.17, 15) is 8.78 Å². The summed E-state index contributed by atoms with van der Waals surface area (Å²) >= 11 is 0. The zero-order chi connectivity index (χ0) is 11.5. The van der Waals surface area contributed by atoms with Crippen molar-refractivity contribution < 1.29 is 8.78 Å². The van der Waals surface area contributed by atoms with E-state index in [0.717, 1.165) is 12.3 Å². The monoisotopic (exact) mass is 229 g/mol. The highest BCUT2D eigenvalue weighted by Gasteiger charge is 2.30. The van der Waals surface area contributed by atoms with Gasteiger partial charge in [-0.05, 0) is 25.2 Å². The van der Waals surface area contributed by atoms with Crippen molar-refractivity contribution >= 4 is 5.82 Å².